The van der Waals surface area contributed by atoms with Crippen LogP contribution < -0.4 is 29.6 Å². The molecule has 0 saturated carbocycles. The first-order chi connectivity index (χ1) is 23.4. The van der Waals surface area contributed by atoms with E-state index in [4.69, 9.17) is 18.9 Å². The predicted octanol–water partition coefficient (Wildman–Crippen LogP) is 9.49. The number of nitrogens with one attached hydrogen (secondary N) is 2. The molecule has 2 N–H and O–H groups in total. The normalized spacial score (nSPS) is 11.8. The molecule has 0 aliphatic carbocycles. The highest BCUT2D eigenvalue weighted by molar-refractivity contribution is 5.93. The number of hydrogen-bond acceptors (Lipinski definition) is 10. The maximum absolute atomic E-state index is 5.53. The summed E-state index contributed by atoms with van der Waals surface area (Å²) in [4.78, 5) is 17.5. The van der Waals surface area contributed by atoms with Gasteiger partial charge in [-0.1, -0.05) is 39.8 Å². The standard InChI is InChI=1S/2C17H15N3O2.2C2H6/c2*1-10-6-12-14(7-11(10)2)18-8-19-17(12)20-13-4-3-5-15-16(13)22-9-21-15;2*1-2/h2*3-8H,9H2,1-2H3,(H,18,19,20);2*1-2H3. The van der Waals surface area contributed by atoms with Crippen molar-refractivity contribution in [1.29, 1.82) is 0 Å². The summed E-state index contributed by atoms with van der Waals surface area (Å²) in [6, 6.07) is 19.9. The number of fused-ring (bicyclic) bond motifs is 4. The fraction of sp³-hybridized carbons (Fsp3) is 0.263. The van der Waals surface area contributed by atoms with Crippen LogP contribution in [0.15, 0.2) is 73.3 Å². The summed E-state index contributed by atoms with van der Waals surface area (Å²) in [6.07, 6.45) is 3.14. The highest BCUT2D eigenvalue weighted by atomic mass is 16.7. The molecule has 4 aromatic carbocycles. The Bertz CT molecular complexity index is 1900. The number of rotatable bonds is 4. The molecule has 48 heavy (non-hydrogen) atoms. The summed E-state index contributed by atoms with van der Waals surface area (Å²) >= 11 is 0. The number of aromatic nitrogens is 4. The first kappa shape index (κ1) is 33.7. The summed E-state index contributed by atoms with van der Waals surface area (Å²) in [5.41, 5.74) is 8.38. The van der Waals surface area contributed by atoms with Gasteiger partial charge >= 0.3 is 0 Å². The van der Waals surface area contributed by atoms with Gasteiger partial charge in [0.05, 0.1) is 22.4 Å². The number of ether oxygens (including phenoxy) is 4. The smallest absolute Gasteiger partial charge is 0.231 e. The van der Waals surface area contributed by atoms with Gasteiger partial charge in [0.1, 0.15) is 24.3 Å². The molecule has 0 spiro atoms. The Morgan fingerprint density at radius 1 is 0.500 bits per heavy atom. The minimum atomic E-state index is 0.247. The van der Waals surface area contributed by atoms with Crippen LogP contribution in [0, 0.1) is 27.7 Å². The molecule has 248 valence electrons. The van der Waals surface area contributed by atoms with E-state index in [1.54, 1.807) is 12.7 Å². The van der Waals surface area contributed by atoms with Gasteiger partial charge in [-0.15, -0.1) is 0 Å². The van der Waals surface area contributed by atoms with Gasteiger partial charge in [0.2, 0.25) is 13.6 Å². The number of anilines is 4. The molecule has 0 radical (unpaired) electrons. The van der Waals surface area contributed by atoms with Gasteiger partial charge in [-0.2, -0.15) is 0 Å². The van der Waals surface area contributed by atoms with Gasteiger partial charge in [-0.25, -0.2) is 19.9 Å². The Hall–Kier alpha value is -5.64. The molecule has 0 bridgehead atoms. The fourth-order valence-corrected chi connectivity index (χ4v) is 5.14. The summed E-state index contributed by atoms with van der Waals surface area (Å²) in [6.45, 7) is 16.8. The molecular weight excluding hydrogens is 604 g/mol. The molecule has 0 atom stereocenters. The third-order valence-corrected chi connectivity index (χ3v) is 7.80. The molecule has 0 unspecified atom stereocenters. The van der Waals surface area contributed by atoms with E-state index in [9.17, 15) is 0 Å². The topological polar surface area (TPSA) is 113 Å². The van der Waals surface area contributed by atoms with Crippen LogP contribution in [0.3, 0.4) is 0 Å². The average Bonchev–Trinajstić information content (AvgIpc) is 3.80. The van der Waals surface area contributed by atoms with Gasteiger partial charge in [0.25, 0.3) is 0 Å². The van der Waals surface area contributed by atoms with Gasteiger partial charge in [-0.3, -0.25) is 0 Å². The number of benzene rings is 4. The van der Waals surface area contributed by atoms with Crippen molar-refractivity contribution in [2.75, 3.05) is 24.2 Å². The van der Waals surface area contributed by atoms with Crippen LogP contribution in [-0.4, -0.2) is 33.5 Å². The minimum Gasteiger partial charge on any atom is -0.454 e. The summed E-state index contributed by atoms with van der Waals surface area (Å²) in [5, 5.41) is 8.65. The van der Waals surface area contributed by atoms with E-state index in [1.165, 1.54) is 22.3 Å². The highest BCUT2D eigenvalue weighted by Gasteiger charge is 2.19. The van der Waals surface area contributed by atoms with Crippen molar-refractivity contribution in [2.24, 2.45) is 0 Å². The first-order valence-electron chi connectivity index (χ1n) is 16.2. The Labute approximate surface area is 281 Å². The molecule has 2 aliphatic heterocycles. The lowest BCUT2D eigenvalue weighted by atomic mass is 10.1. The molecule has 6 aromatic rings. The van der Waals surface area contributed by atoms with Crippen molar-refractivity contribution in [3.63, 3.8) is 0 Å². The monoisotopic (exact) mass is 646 g/mol. The van der Waals surface area contributed by atoms with Crippen LogP contribution in [-0.2, 0) is 0 Å². The van der Waals surface area contributed by atoms with Gasteiger partial charge in [0.15, 0.2) is 23.0 Å². The van der Waals surface area contributed by atoms with Crippen LogP contribution in [0.1, 0.15) is 49.9 Å². The van der Waals surface area contributed by atoms with Crippen LogP contribution in [0.5, 0.6) is 23.0 Å². The van der Waals surface area contributed by atoms with Crippen molar-refractivity contribution < 1.29 is 18.9 Å². The van der Waals surface area contributed by atoms with E-state index < -0.39 is 0 Å². The molecule has 10 nitrogen and oxygen atoms in total. The van der Waals surface area contributed by atoms with Crippen molar-refractivity contribution in [1.82, 2.24) is 19.9 Å². The van der Waals surface area contributed by atoms with Gasteiger partial charge < -0.3 is 29.6 Å². The largest absolute Gasteiger partial charge is 0.454 e. The second kappa shape index (κ2) is 15.3. The zero-order chi connectivity index (χ0) is 34.2. The summed E-state index contributed by atoms with van der Waals surface area (Å²) < 4.78 is 21.9. The van der Waals surface area contributed by atoms with E-state index in [2.05, 4.69) is 82.5 Å². The zero-order valence-corrected chi connectivity index (χ0v) is 28.8. The van der Waals surface area contributed by atoms with E-state index in [0.29, 0.717) is 0 Å². The van der Waals surface area contributed by atoms with E-state index in [0.717, 1.165) is 67.8 Å². The second-order valence-electron chi connectivity index (χ2n) is 10.7. The van der Waals surface area contributed by atoms with Crippen molar-refractivity contribution in [3.05, 3.63) is 95.6 Å². The third-order valence-electron chi connectivity index (χ3n) is 7.80. The predicted molar refractivity (Wildman–Crippen MR) is 192 cm³/mol. The lowest BCUT2D eigenvalue weighted by molar-refractivity contribution is 0.174. The Kier molecular flexibility index (Phi) is 10.7. The number of nitrogens with zero attached hydrogens (tertiary/aromatic N) is 4. The van der Waals surface area contributed by atoms with E-state index in [-0.39, 0.29) is 13.6 Å². The van der Waals surface area contributed by atoms with Crippen molar-refractivity contribution in [3.8, 4) is 23.0 Å². The van der Waals surface area contributed by atoms with Crippen LogP contribution in [0.4, 0.5) is 23.0 Å². The lowest BCUT2D eigenvalue weighted by Gasteiger charge is -2.11. The molecule has 0 amide bonds. The Morgan fingerprint density at radius 3 is 1.31 bits per heavy atom. The maximum Gasteiger partial charge on any atom is 0.231 e. The van der Waals surface area contributed by atoms with Crippen LogP contribution in [0.25, 0.3) is 21.8 Å². The lowest BCUT2D eigenvalue weighted by Crippen LogP contribution is -1.99. The highest BCUT2D eigenvalue weighted by Crippen LogP contribution is 2.42. The number of aryl methyl sites for hydroxylation is 4. The molecule has 10 heteroatoms. The van der Waals surface area contributed by atoms with Gasteiger partial charge in [-0.05, 0) is 98.5 Å². The van der Waals surface area contributed by atoms with Gasteiger partial charge in [0, 0.05) is 10.8 Å². The molecule has 8 rings (SSSR count). The molecule has 2 aliphatic rings. The van der Waals surface area contributed by atoms with Crippen molar-refractivity contribution in [2.45, 2.75) is 55.4 Å². The maximum atomic E-state index is 5.53. The van der Waals surface area contributed by atoms with E-state index in [1.807, 2.05) is 64.1 Å². The van der Waals surface area contributed by atoms with E-state index >= 15 is 0 Å². The molecular formula is C38H42N6O4. The van der Waals surface area contributed by atoms with Crippen molar-refractivity contribution >= 4 is 44.8 Å². The average molecular weight is 647 g/mol. The summed E-state index contributed by atoms with van der Waals surface area (Å²) in [7, 11) is 0. The molecule has 0 saturated heterocycles. The van der Waals surface area contributed by atoms with Crippen LogP contribution in [0.2, 0.25) is 0 Å². The number of para-hydroxylation sites is 2. The number of hydrogen-bond donors (Lipinski definition) is 2. The SMILES string of the molecule is CC.CC.Cc1cc2ncnc(Nc3cccc4c3OCO4)c2cc1C.Cc1cc2ncnc(Nc3cccc4c3OCO4)c2cc1C. The molecule has 2 aromatic heterocycles. The third kappa shape index (κ3) is 7.02. The Balaban J connectivity index is 0.000000170. The summed E-state index contributed by atoms with van der Waals surface area (Å²) in [5.74, 6) is 4.45. The first-order valence-corrected chi connectivity index (χ1v) is 16.2. The fourth-order valence-electron chi connectivity index (χ4n) is 5.14. The van der Waals surface area contributed by atoms with Crippen LogP contribution >= 0.6 is 0 Å². The minimum absolute atomic E-state index is 0.247. The quantitative estimate of drug-likeness (QED) is 0.192. The zero-order valence-electron chi connectivity index (χ0n) is 28.8. The second-order valence-corrected chi connectivity index (χ2v) is 10.7. The Morgan fingerprint density at radius 2 is 0.896 bits per heavy atom. The molecule has 0 fully saturated rings. The molecule has 4 heterocycles.